The summed E-state index contributed by atoms with van der Waals surface area (Å²) < 4.78 is 19.1. The number of hydrogen-bond donors (Lipinski definition) is 2. The van der Waals surface area contributed by atoms with Gasteiger partial charge in [-0.1, -0.05) is 58.4 Å². The fourth-order valence-corrected chi connectivity index (χ4v) is 7.73. The minimum atomic E-state index is -0.778. The van der Waals surface area contributed by atoms with E-state index in [0.29, 0.717) is 36.9 Å². The van der Waals surface area contributed by atoms with Crippen molar-refractivity contribution in [3.8, 4) is 5.75 Å². The predicted molar refractivity (Wildman–Crippen MR) is 156 cm³/mol. The maximum absolute atomic E-state index is 13.7. The number of halogens is 3. The van der Waals surface area contributed by atoms with Gasteiger partial charge in [-0.15, -0.1) is 0 Å². The highest BCUT2D eigenvalue weighted by atomic mass is 35.5. The number of imide groups is 1. The van der Waals surface area contributed by atoms with Gasteiger partial charge < -0.3 is 15.0 Å². The Morgan fingerprint density at radius 3 is 2.41 bits per heavy atom. The second kappa shape index (κ2) is 11.0. The lowest BCUT2D eigenvalue weighted by molar-refractivity contribution is -0.122. The van der Waals surface area contributed by atoms with Crippen molar-refractivity contribution >= 4 is 75.4 Å². The number of amides is 3. The van der Waals surface area contributed by atoms with Gasteiger partial charge in [0.1, 0.15) is 16.8 Å². The molecule has 1 saturated heterocycles. The summed E-state index contributed by atoms with van der Waals surface area (Å²) in [4.78, 5) is 56.0. The lowest BCUT2D eigenvalue weighted by Crippen LogP contribution is -2.32. The van der Waals surface area contributed by atoms with Crippen LogP contribution in [-0.2, 0) is 14.4 Å². The number of carbonyl (C=O) groups is 3. The Morgan fingerprint density at radius 2 is 1.71 bits per heavy atom. The van der Waals surface area contributed by atoms with Gasteiger partial charge in [-0.05, 0) is 60.2 Å². The minimum Gasteiger partial charge on any atom is -0.484 e. The normalized spacial score (nSPS) is 19.6. The van der Waals surface area contributed by atoms with E-state index in [2.05, 4.69) is 10.3 Å². The quantitative estimate of drug-likeness (QED) is 0.265. The van der Waals surface area contributed by atoms with Crippen LogP contribution in [0.15, 0.2) is 76.6 Å². The molecule has 3 amide bonds. The van der Waals surface area contributed by atoms with E-state index in [-0.39, 0.29) is 17.2 Å². The highest BCUT2D eigenvalue weighted by Crippen LogP contribution is 2.53. The van der Waals surface area contributed by atoms with Crippen LogP contribution in [0.1, 0.15) is 16.4 Å². The predicted octanol–water partition coefficient (Wildman–Crippen LogP) is 5.70. The van der Waals surface area contributed by atoms with Crippen molar-refractivity contribution < 1.29 is 23.5 Å². The zero-order valence-electron chi connectivity index (χ0n) is 20.7. The molecule has 1 fully saturated rings. The SMILES string of the molecule is O=C(COc1ccc([C@@H]2c3sc(=O)[nH]c3S[C@H]3C(=O)N(c4ccc(F)cc4)C(=O)[C@@H]23)cc1)Nc1ccc(Cl)c(Cl)c1. The van der Waals surface area contributed by atoms with Crippen molar-refractivity contribution in [3.63, 3.8) is 0 Å². The molecule has 3 atom stereocenters. The van der Waals surface area contributed by atoms with E-state index in [1.165, 1.54) is 30.3 Å². The lowest BCUT2D eigenvalue weighted by atomic mass is 9.83. The summed E-state index contributed by atoms with van der Waals surface area (Å²) >= 11 is 14.1. The first kappa shape index (κ1) is 27.5. The molecule has 0 aliphatic carbocycles. The molecule has 41 heavy (non-hydrogen) atoms. The number of nitrogens with zero attached hydrogens (tertiary/aromatic N) is 1. The van der Waals surface area contributed by atoms with Crippen LogP contribution < -0.4 is 19.8 Å². The van der Waals surface area contributed by atoms with Gasteiger partial charge in [0.2, 0.25) is 11.8 Å². The molecule has 13 heteroatoms. The third kappa shape index (κ3) is 5.26. The third-order valence-electron chi connectivity index (χ3n) is 6.72. The first-order valence-corrected chi connectivity index (χ1v) is 14.7. The van der Waals surface area contributed by atoms with Gasteiger partial charge in [0.05, 0.1) is 26.7 Å². The molecule has 4 aromatic rings. The summed E-state index contributed by atoms with van der Waals surface area (Å²) in [6.07, 6.45) is 0. The zero-order valence-corrected chi connectivity index (χ0v) is 23.9. The molecule has 0 radical (unpaired) electrons. The number of ether oxygens (including phenoxy) is 1. The fraction of sp³-hybridized carbons (Fsp3) is 0.143. The van der Waals surface area contributed by atoms with Gasteiger partial charge in [0.25, 0.3) is 5.91 Å². The van der Waals surface area contributed by atoms with Crippen LogP contribution in [0.5, 0.6) is 5.75 Å². The molecule has 0 saturated carbocycles. The van der Waals surface area contributed by atoms with Crippen LogP contribution in [0.25, 0.3) is 0 Å². The molecule has 208 valence electrons. The van der Waals surface area contributed by atoms with Gasteiger partial charge in [-0.3, -0.25) is 19.2 Å². The second-order valence-corrected chi connectivity index (χ2v) is 12.3. The largest absolute Gasteiger partial charge is 0.484 e. The number of nitrogens with one attached hydrogen (secondary N) is 2. The number of hydrogen-bond acceptors (Lipinski definition) is 7. The molecule has 2 N–H and O–H groups in total. The second-order valence-electron chi connectivity index (χ2n) is 9.27. The minimum absolute atomic E-state index is 0.270. The van der Waals surface area contributed by atoms with Crippen LogP contribution in [0.2, 0.25) is 10.0 Å². The van der Waals surface area contributed by atoms with E-state index >= 15 is 0 Å². The Balaban J connectivity index is 1.23. The molecular weight excluding hydrogens is 612 g/mol. The fourth-order valence-electron chi connectivity index (χ4n) is 4.91. The number of anilines is 2. The Bertz CT molecular complexity index is 1740. The summed E-state index contributed by atoms with van der Waals surface area (Å²) in [5.41, 5.74) is 1.46. The number of thioether (sulfide) groups is 1. The summed E-state index contributed by atoms with van der Waals surface area (Å²) in [5, 5.41) is 3.14. The van der Waals surface area contributed by atoms with Crippen LogP contribution in [0, 0.1) is 11.7 Å². The Hall–Kier alpha value is -3.64. The van der Waals surface area contributed by atoms with Crippen LogP contribution >= 0.6 is 46.3 Å². The number of benzene rings is 3. The van der Waals surface area contributed by atoms with Crippen molar-refractivity contribution in [3.05, 3.63) is 103 Å². The molecule has 6 rings (SSSR count). The molecule has 0 spiro atoms. The van der Waals surface area contributed by atoms with Crippen molar-refractivity contribution in [1.82, 2.24) is 4.98 Å². The molecule has 3 aromatic carbocycles. The number of fused-ring (bicyclic) bond motifs is 2. The number of rotatable bonds is 6. The monoisotopic (exact) mass is 629 g/mol. The lowest BCUT2D eigenvalue weighted by Gasteiger charge is -2.29. The average Bonchev–Trinajstić information content (AvgIpc) is 3.44. The molecule has 2 aliphatic heterocycles. The van der Waals surface area contributed by atoms with E-state index < -0.39 is 40.6 Å². The number of thiazole rings is 1. The number of H-pyrrole nitrogens is 1. The van der Waals surface area contributed by atoms with Gasteiger partial charge in [-0.2, -0.15) is 0 Å². The van der Waals surface area contributed by atoms with E-state index in [1.54, 1.807) is 36.4 Å². The smallest absolute Gasteiger partial charge is 0.305 e. The van der Waals surface area contributed by atoms with Crippen LogP contribution in [0.4, 0.5) is 15.8 Å². The van der Waals surface area contributed by atoms with Crippen molar-refractivity contribution in [2.75, 3.05) is 16.8 Å². The molecule has 8 nitrogen and oxygen atoms in total. The van der Waals surface area contributed by atoms with Crippen LogP contribution in [-0.4, -0.2) is 34.6 Å². The molecule has 1 aromatic heterocycles. The maximum atomic E-state index is 13.7. The van der Waals surface area contributed by atoms with Crippen molar-refractivity contribution in [2.45, 2.75) is 16.2 Å². The Morgan fingerprint density at radius 1 is 0.976 bits per heavy atom. The van der Waals surface area contributed by atoms with E-state index in [9.17, 15) is 23.6 Å². The molecule has 3 heterocycles. The Labute approximate surface area is 250 Å². The Kier molecular flexibility index (Phi) is 7.37. The zero-order chi connectivity index (χ0) is 28.8. The number of aromatic nitrogens is 1. The van der Waals surface area contributed by atoms with Gasteiger partial charge in [0, 0.05) is 16.5 Å². The molecular formula is C28H18Cl2FN3O5S2. The molecule has 0 unspecified atom stereocenters. The van der Waals surface area contributed by atoms with Crippen molar-refractivity contribution in [1.29, 1.82) is 0 Å². The van der Waals surface area contributed by atoms with Gasteiger partial charge >= 0.3 is 4.87 Å². The van der Waals surface area contributed by atoms with Crippen LogP contribution in [0.3, 0.4) is 0 Å². The third-order valence-corrected chi connectivity index (χ3v) is 9.86. The first-order chi connectivity index (χ1) is 19.7. The van der Waals surface area contributed by atoms with Gasteiger partial charge in [0.15, 0.2) is 6.61 Å². The molecule has 2 aliphatic rings. The summed E-state index contributed by atoms with van der Waals surface area (Å²) in [7, 11) is 0. The van der Waals surface area contributed by atoms with E-state index in [0.717, 1.165) is 28.0 Å². The highest BCUT2D eigenvalue weighted by Gasteiger charge is 2.56. The summed E-state index contributed by atoms with van der Waals surface area (Å²) in [6.45, 7) is -0.270. The standard InChI is InChI=1S/C28H18Cl2FN3O5S2/c29-18-10-5-15(11-19(18)30)32-20(35)12-39-17-8-1-13(2-9-17)21-22-24(40-25-23(21)41-28(38)33-25)27(37)34(26(22)36)16-6-3-14(31)4-7-16/h1-11,21-22,24H,12H2,(H,32,35)(H,33,38)/t21-,22-,24+/m0/s1. The molecule has 0 bridgehead atoms. The first-order valence-electron chi connectivity index (χ1n) is 12.2. The number of carbonyl (C=O) groups excluding carboxylic acids is 3. The summed E-state index contributed by atoms with van der Waals surface area (Å²) in [6, 6.07) is 16.7. The summed E-state index contributed by atoms with van der Waals surface area (Å²) in [5.74, 6) is -2.68. The number of aromatic amines is 1. The van der Waals surface area contributed by atoms with Crippen molar-refractivity contribution in [2.24, 2.45) is 5.92 Å². The highest BCUT2D eigenvalue weighted by molar-refractivity contribution is 8.00. The average molecular weight is 631 g/mol. The van der Waals surface area contributed by atoms with E-state index in [4.69, 9.17) is 27.9 Å². The topological polar surface area (TPSA) is 109 Å². The van der Waals surface area contributed by atoms with E-state index in [1.807, 2.05) is 0 Å². The maximum Gasteiger partial charge on any atom is 0.305 e. The van der Waals surface area contributed by atoms with Gasteiger partial charge in [-0.25, -0.2) is 9.29 Å².